The van der Waals surface area contributed by atoms with Crippen LogP contribution < -0.4 is 0 Å². The molecule has 1 aliphatic rings. The molecule has 0 aromatic rings. The van der Waals surface area contributed by atoms with E-state index in [0.29, 0.717) is 0 Å². The second-order valence-electron chi connectivity index (χ2n) is 4.59. The Bertz CT molecular complexity index is 116. The molecular weight excluding hydrogens is 187 g/mol. The van der Waals surface area contributed by atoms with Crippen LogP contribution in [0.3, 0.4) is 0 Å². The summed E-state index contributed by atoms with van der Waals surface area (Å²) in [6.45, 7) is 8.92. The first kappa shape index (κ1) is 11.6. The number of hydrogen-bond donors (Lipinski definition) is 0. The van der Waals surface area contributed by atoms with Gasteiger partial charge in [-0.15, -0.1) is 11.1 Å². The standard InChI is InChI=1S/C9H18N.Zn/c1-8(2)6-5-7-9(3,4)10-8;/h5-7H2,1-4H3;/q-1;. The molecule has 0 saturated carbocycles. The van der Waals surface area contributed by atoms with Gasteiger partial charge in [-0.25, -0.2) is 0 Å². The van der Waals surface area contributed by atoms with Gasteiger partial charge in [-0.05, 0) is 0 Å². The van der Waals surface area contributed by atoms with Crippen molar-refractivity contribution in [2.24, 2.45) is 0 Å². The maximum Gasteiger partial charge on any atom is 0 e. The summed E-state index contributed by atoms with van der Waals surface area (Å²) in [5.74, 6) is 0. The van der Waals surface area contributed by atoms with Gasteiger partial charge in [0.05, 0.1) is 0 Å². The molecule has 1 saturated heterocycles. The van der Waals surface area contributed by atoms with E-state index in [1.54, 1.807) is 0 Å². The molecule has 0 bridgehead atoms. The van der Waals surface area contributed by atoms with Crippen LogP contribution in [-0.4, -0.2) is 11.1 Å². The third-order valence-corrected chi connectivity index (χ3v) is 2.18. The second-order valence-corrected chi connectivity index (χ2v) is 4.59. The minimum atomic E-state index is 0. The quantitative estimate of drug-likeness (QED) is 0.540. The molecule has 0 N–H and O–H groups in total. The molecule has 0 spiro atoms. The number of rotatable bonds is 0. The number of piperidine rings is 1. The Morgan fingerprint density at radius 1 is 0.909 bits per heavy atom. The molecule has 62 valence electrons. The summed E-state index contributed by atoms with van der Waals surface area (Å²) in [5, 5.41) is 4.75. The molecule has 1 heterocycles. The van der Waals surface area contributed by atoms with Gasteiger partial charge in [-0.3, -0.25) is 0 Å². The zero-order valence-electron chi connectivity index (χ0n) is 8.28. The van der Waals surface area contributed by atoms with Crippen molar-refractivity contribution in [3.63, 3.8) is 0 Å². The van der Waals surface area contributed by atoms with Gasteiger partial charge >= 0.3 is 0 Å². The van der Waals surface area contributed by atoms with E-state index in [0.717, 1.165) is 0 Å². The molecule has 0 radical (unpaired) electrons. The Hall–Kier alpha value is 0.583. The topological polar surface area (TPSA) is 14.1 Å². The van der Waals surface area contributed by atoms with E-state index >= 15 is 0 Å². The molecule has 11 heavy (non-hydrogen) atoms. The Balaban J connectivity index is 0.000001000. The van der Waals surface area contributed by atoms with Crippen molar-refractivity contribution < 1.29 is 19.5 Å². The fraction of sp³-hybridized carbons (Fsp3) is 1.00. The first-order valence-electron chi connectivity index (χ1n) is 4.15. The van der Waals surface area contributed by atoms with Crippen LogP contribution in [-0.2, 0) is 19.5 Å². The summed E-state index contributed by atoms with van der Waals surface area (Å²) in [7, 11) is 0. The average Bonchev–Trinajstić information content (AvgIpc) is 1.56. The molecule has 0 aliphatic carbocycles. The minimum absolute atomic E-state index is 0. The maximum absolute atomic E-state index is 4.75. The SMILES string of the molecule is CC1(C)CCCC(C)(C)[N-]1.[Zn]. The van der Waals surface area contributed by atoms with Crippen LogP contribution in [0.1, 0.15) is 47.0 Å². The van der Waals surface area contributed by atoms with Gasteiger partial charge in [0, 0.05) is 19.5 Å². The summed E-state index contributed by atoms with van der Waals surface area (Å²) in [5.41, 5.74) is 0.476. The van der Waals surface area contributed by atoms with Crippen LogP contribution >= 0.6 is 0 Å². The summed E-state index contributed by atoms with van der Waals surface area (Å²) in [6.07, 6.45) is 3.86. The van der Waals surface area contributed by atoms with E-state index in [2.05, 4.69) is 27.7 Å². The van der Waals surface area contributed by atoms with Crippen LogP contribution in [0.15, 0.2) is 0 Å². The third-order valence-electron chi connectivity index (χ3n) is 2.18. The van der Waals surface area contributed by atoms with Crippen molar-refractivity contribution in [1.82, 2.24) is 0 Å². The molecule has 1 rings (SSSR count). The van der Waals surface area contributed by atoms with Gasteiger partial charge in [-0.2, -0.15) is 0 Å². The molecule has 1 nitrogen and oxygen atoms in total. The summed E-state index contributed by atoms with van der Waals surface area (Å²) >= 11 is 0. The van der Waals surface area contributed by atoms with E-state index in [4.69, 9.17) is 5.32 Å². The smallest absolute Gasteiger partial charge is 0 e. The van der Waals surface area contributed by atoms with Crippen molar-refractivity contribution in [2.45, 2.75) is 58.0 Å². The zero-order chi connectivity index (χ0) is 7.83. The van der Waals surface area contributed by atoms with E-state index < -0.39 is 0 Å². The van der Waals surface area contributed by atoms with Crippen LogP contribution in [0.2, 0.25) is 0 Å². The van der Waals surface area contributed by atoms with Crippen LogP contribution in [0.5, 0.6) is 0 Å². The maximum atomic E-state index is 4.75. The fourth-order valence-corrected chi connectivity index (χ4v) is 1.88. The monoisotopic (exact) mass is 204 g/mol. The van der Waals surface area contributed by atoms with Crippen molar-refractivity contribution in [2.75, 3.05) is 0 Å². The van der Waals surface area contributed by atoms with E-state index in [1.165, 1.54) is 19.3 Å². The van der Waals surface area contributed by atoms with E-state index in [1.807, 2.05) is 0 Å². The summed E-state index contributed by atoms with van der Waals surface area (Å²) < 4.78 is 0. The first-order valence-corrected chi connectivity index (χ1v) is 4.15. The van der Waals surface area contributed by atoms with Gasteiger partial charge in [0.2, 0.25) is 0 Å². The van der Waals surface area contributed by atoms with Crippen LogP contribution in [0, 0.1) is 0 Å². The predicted octanol–water partition coefficient (Wildman–Crippen LogP) is 3.10. The van der Waals surface area contributed by atoms with Gasteiger partial charge in [0.1, 0.15) is 0 Å². The van der Waals surface area contributed by atoms with Crippen molar-refractivity contribution >= 4 is 0 Å². The number of hydrogen-bond acceptors (Lipinski definition) is 0. The van der Waals surface area contributed by atoms with Gasteiger partial charge in [-0.1, -0.05) is 47.0 Å². The first-order chi connectivity index (χ1) is 4.41. The molecule has 1 aliphatic heterocycles. The fourth-order valence-electron chi connectivity index (χ4n) is 1.88. The minimum Gasteiger partial charge on any atom is -0.652 e. The van der Waals surface area contributed by atoms with Crippen LogP contribution in [0.4, 0.5) is 0 Å². The summed E-state index contributed by atoms with van der Waals surface area (Å²) in [6, 6.07) is 0. The Morgan fingerprint density at radius 2 is 1.27 bits per heavy atom. The molecule has 0 aromatic heterocycles. The molecule has 1 fully saturated rings. The molecule has 2 heteroatoms. The molecule has 0 unspecified atom stereocenters. The van der Waals surface area contributed by atoms with E-state index in [9.17, 15) is 0 Å². The third kappa shape index (κ3) is 3.67. The molecular formula is C9H18NZn-. The van der Waals surface area contributed by atoms with Gasteiger partial charge < -0.3 is 5.32 Å². The summed E-state index contributed by atoms with van der Waals surface area (Å²) in [4.78, 5) is 0. The Morgan fingerprint density at radius 3 is 1.45 bits per heavy atom. The van der Waals surface area contributed by atoms with E-state index in [-0.39, 0.29) is 30.6 Å². The normalized spacial score (nSPS) is 27.3. The van der Waals surface area contributed by atoms with Crippen molar-refractivity contribution in [3.8, 4) is 0 Å². The Kier molecular flexibility index (Phi) is 3.72. The van der Waals surface area contributed by atoms with Crippen LogP contribution in [0.25, 0.3) is 5.32 Å². The Labute approximate surface area is 83.1 Å². The van der Waals surface area contributed by atoms with Crippen molar-refractivity contribution in [1.29, 1.82) is 0 Å². The van der Waals surface area contributed by atoms with Gasteiger partial charge in [0.15, 0.2) is 0 Å². The van der Waals surface area contributed by atoms with Gasteiger partial charge in [0.25, 0.3) is 0 Å². The van der Waals surface area contributed by atoms with Crippen molar-refractivity contribution in [3.05, 3.63) is 5.32 Å². The number of nitrogens with zero attached hydrogens (tertiary/aromatic N) is 1. The molecule has 0 amide bonds. The largest absolute Gasteiger partial charge is 0.652 e. The molecule has 0 aromatic carbocycles. The zero-order valence-corrected chi connectivity index (χ0v) is 11.2. The second kappa shape index (κ2) is 3.53. The average molecular weight is 206 g/mol. The molecule has 0 atom stereocenters. The predicted molar refractivity (Wildman–Crippen MR) is 45.4 cm³/mol.